The predicted octanol–water partition coefficient (Wildman–Crippen LogP) is 1.99. The molecule has 3 N–H and O–H groups in total. The first-order valence-corrected chi connectivity index (χ1v) is 5.83. The van der Waals surface area contributed by atoms with E-state index >= 15 is 0 Å². The lowest BCUT2D eigenvalue weighted by molar-refractivity contribution is 0.222. The summed E-state index contributed by atoms with van der Waals surface area (Å²) in [5, 5.41) is 0. The Kier molecular flexibility index (Phi) is 5.22. The van der Waals surface area contributed by atoms with Crippen molar-refractivity contribution in [1.29, 1.82) is 0 Å². The second-order valence-electron chi connectivity index (χ2n) is 4.04. The van der Waals surface area contributed by atoms with Gasteiger partial charge in [-0.2, -0.15) is 0 Å². The van der Waals surface area contributed by atoms with Crippen LogP contribution in [0.15, 0.2) is 18.3 Å². The van der Waals surface area contributed by atoms with E-state index in [0.29, 0.717) is 6.04 Å². The fourth-order valence-electron chi connectivity index (χ4n) is 2.01. The van der Waals surface area contributed by atoms with E-state index in [1.807, 2.05) is 6.07 Å². The number of hydrogen-bond acceptors (Lipinski definition) is 4. The van der Waals surface area contributed by atoms with E-state index in [2.05, 4.69) is 42.3 Å². The summed E-state index contributed by atoms with van der Waals surface area (Å²) >= 11 is 0. The van der Waals surface area contributed by atoms with Gasteiger partial charge in [0.25, 0.3) is 0 Å². The lowest BCUT2D eigenvalue weighted by atomic mass is 10.1. The largest absolute Gasteiger partial charge is 0.308 e. The van der Waals surface area contributed by atoms with E-state index in [9.17, 15) is 0 Å². The number of pyridine rings is 1. The van der Waals surface area contributed by atoms with Gasteiger partial charge in [0.05, 0.1) is 0 Å². The van der Waals surface area contributed by atoms with Crippen molar-refractivity contribution < 1.29 is 0 Å². The second kappa shape index (κ2) is 6.45. The van der Waals surface area contributed by atoms with Crippen molar-refractivity contribution in [3.8, 4) is 0 Å². The van der Waals surface area contributed by atoms with E-state index in [1.54, 1.807) is 6.20 Å². The molecule has 0 bridgehead atoms. The first-order valence-electron chi connectivity index (χ1n) is 5.83. The summed E-state index contributed by atoms with van der Waals surface area (Å²) in [7, 11) is 2.14. The minimum absolute atomic E-state index is 0.617. The van der Waals surface area contributed by atoms with E-state index < -0.39 is 0 Å². The molecule has 0 fully saturated rings. The van der Waals surface area contributed by atoms with Crippen molar-refractivity contribution in [1.82, 2.24) is 9.88 Å². The van der Waals surface area contributed by atoms with Gasteiger partial charge in [-0.15, -0.1) is 0 Å². The summed E-state index contributed by atoms with van der Waals surface area (Å²) < 4.78 is 0. The van der Waals surface area contributed by atoms with Crippen LogP contribution in [0.3, 0.4) is 0 Å². The lowest BCUT2D eigenvalue weighted by Crippen LogP contribution is -2.30. The molecule has 16 heavy (non-hydrogen) atoms. The molecule has 0 amide bonds. The van der Waals surface area contributed by atoms with Crippen LogP contribution in [0.2, 0.25) is 0 Å². The summed E-state index contributed by atoms with van der Waals surface area (Å²) in [6.45, 7) is 5.31. The van der Waals surface area contributed by atoms with E-state index in [0.717, 1.165) is 17.9 Å². The minimum atomic E-state index is 0.617. The van der Waals surface area contributed by atoms with Crippen LogP contribution in [0.1, 0.15) is 32.3 Å². The highest BCUT2D eigenvalue weighted by Crippen LogP contribution is 2.15. The summed E-state index contributed by atoms with van der Waals surface area (Å²) in [4.78, 5) is 6.54. The Hall–Kier alpha value is -1.13. The number of nitrogen functional groups attached to an aromatic ring is 1. The van der Waals surface area contributed by atoms with Gasteiger partial charge in [0, 0.05) is 24.3 Å². The van der Waals surface area contributed by atoms with Crippen molar-refractivity contribution in [2.24, 2.45) is 5.84 Å². The maximum Gasteiger partial charge on any atom is 0.144 e. The third-order valence-electron chi connectivity index (χ3n) is 3.01. The molecule has 0 unspecified atom stereocenters. The second-order valence-corrected chi connectivity index (χ2v) is 4.04. The lowest BCUT2D eigenvalue weighted by Gasteiger charge is -2.26. The Bertz CT molecular complexity index is 310. The quantitative estimate of drug-likeness (QED) is 0.571. The third-order valence-corrected chi connectivity index (χ3v) is 3.01. The highest BCUT2D eigenvalue weighted by atomic mass is 15.3. The van der Waals surface area contributed by atoms with Gasteiger partial charge in [-0.3, -0.25) is 4.90 Å². The van der Waals surface area contributed by atoms with Crippen LogP contribution in [-0.4, -0.2) is 23.0 Å². The van der Waals surface area contributed by atoms with Crippen LogP contribution in [0, 0.1) is 0 Å². The van der Waals surface area contributed by atoms with Crippen LogP contribution in [0.5, 0.6) is 0 Å². The Morgan fingerprint density at radius 2 is 2.12 bits per heavy atom. The van der Waals surface area contributed by atoms with Gasteiger partial charge in [0.2, 0.25) is 0 Å². The number of anilines is 1. The SMILES string of the molecule is CCC(CC)N(C)Cc1cccnc1NN. The summed E-state index contributed by atoms with van der Waals surface area (Å²) in [5.41, 5.74) is 3.78. The van der Waals surface area contributed by atoms with Crippen LogP contribution >= 0.6 is 0 Å². The molecule has 0 saturated carbocycles. The highest BCUT2D eigenvalue weighted by molar-refractivity contribution is 5.42. The molecule has 1 rings (SSSR count). The molecule has 0 aliphatic carbocycles. The van der Waals surface area contributed by atoms with Gasteiger partial charge in [-0.05, 0) is 26.0 Å². The van der Waals surface area contributed by atoms with Crippen LogP contribution < -0.4 is 11.3 Å². The molecule has 0 spiro atoms. The Labute approximate surface area is 97.8 Å². The average Bonchev–Trinajstić information content (AvgIpc) is 2.31. The molecule has 0 atom stereocenters. The first-order chi connectivity index (χ1) is 7.72. The maximum atomic E-state index is 5.44. The van der Waals surface area contributed by atoms with Gasteiger partial charge in [-0.1, -0.05) is 19.9 Å². The Morgan fingerprint density at radius 3 is 2.69 bits per heavy atom. The number of hydrazine groups is 1. The minimum Gasteiger partial charge on any atom is -0.308 e. The molecule has 90 valence electrons. The smallest absolute Gasteiger partial charge is 0.144 e. The zero-order chi connectivity index (χ0) is 12.0. The molecule has 1 heterocycles. The Balaban J connectivity index is 2.71. The average molecular weight is 222 g/mol. The number of nitrogens with zero attached hydrogens (tertiary/aromatic N) is 2. The maximum absolute atomic E-state index is 5.44. The third kappa shape index (κ3) is 3.18. The number of nitrogens with two attached hydrogens (primary N) is 1. The summed E-state index contributed by atoms with van der Waals surface area (Å²) in [5.74, 6) is 6.20. The fraction of sp³-hybridized carbons (Fsp3) is 0.583. The van der Waals surface area contributed by atoms with E-state index in [-0.39, 0.29) is 0 Å². The number of aromatic nitrogens is 1. The van der Waals surface area contributed by atoms with Crippen LogP contribution in [0.25, 0.3) is 0 Å². The topological polar surface area (TPSA) is 54.2 Å². The van der Waals surface area contributed by atoms with Crippen molar-refractivity contribution in [3.63, 3.8) is 0 Å². The molecule has 1 aromatic heterocycles. The monoisotopic (exact) mass is 222 g/mol. The van der Waals surface area contributed by atoms with Crippen LogP contribution in [-0.2, 0) is 6.54 Å². The predicted molar refractivity (Wildman–Crippen MR) is 67.9 cm³/mol. The Morgan fingerprint density at radius 1 is 1.44 bits per heavy atom. The number of nitrogens with one attached hydrogen (secondary N) is 1. The zero-order valence-corrected chi connectivity index (χ0v) is 10.4. The van der Waals surface area contributed by atoms with Crippen LogP contribution in [0.4, 0.5) is 5.82 Å². The van der Waals surface area contributed by atoms with Gasteiger partial charge in [-0.25, -0.2) is 10.8 Å². The van der Waals surface area contributed by atoms with Crippen molar-refractivity contribution in [3.05, 3.63) is 23.9 Å². The summed E-state index contributed by atoms with van der Waals surface area (Å²) in [6, 6.07) is 4.61. The van der Waals surface area contributed by atoms with Gasteiger partial charge in [0.1, 0.15) is 5.82 Å². The first kappa shape index (κ1) is 12.9. The number of hydrogen-bond donors (Lipinski definition) is 2. The number of rotatable bonds is 6. The van der Waals surface area contributed by atoms with Crippen molar-refractivity contribution in [2.75, 3.05) is 12.5 Å². The van der Waals surface area contributed by atoms with E-state index in [1.165, 1.54) is 12.8 Å². The van der Waals surface area contributed by atoms with Crippen molar-refractivity contribution in [2.45, 2.75) is 39.3 Å². The molecule has 4 nitrogen and oxygen atoms in total. The molecular formula is C12H22N4. The van der Waals surface area contributed by atoms with Gasteiger partial charge >= 0.3 is 0 Å². The standard InChI is InChI=1S/C12H22N4/c1-4-11(5-2)16(3)9-10-7-6-8-14-12(10)15-13/h6-8,11H,4-5,9,13H2,1-3H3,(H,14,15). The molecule has 1 aromatic rings. The molecule has 4 heteroatoms. The normalized spacial score (nSPS) is 11.1. The molecular weight excluding hydrogens is 200 g/mol. The fourth-order valence-corrected chi connectivity index (χ4v) is 2.01. The van der Waals surface area contributed by atoms with Gasteiger partial charge < -0.3 is 5.43 Å². The molecule has 0 aliphatic heterocycles. The molecule has 0 saturated heterocycles. The van der Waals surface area contributed by atoms with E-state index in [4.69, 9.17) is 5.84 Å². The molecule has 0 radical (unpaired) electrons. The molecule has 0 aliphatic rings. The van der Waals surface area contributed by atoms with Gasteiger partial charge in [0.15, 0.2) is 0 Å². The molecule has 0 aromatic carbocycles. The highest BCUT2D eigenvalue weighted by Gasteiger charge is 2.12. The summed E-state index contributed by atoms with van der Waals surface area (Å²) in [6.07, 6.45) is 4.08. The van der Waals surface area contributed by atoms with Crippen molar-refractivity contribution >= 4 is 5.82 Å². The zero-order valence-electron chi connectivity index (χ0n) is 10.4.